The largest absolute Gasteiger partial charge is 0.462 e. The molecule has 8 heteroatoms. The van der Waals surface area contributed by atoms with Crippen LogP contribution in [0.15, 0.2) is 83.8 Å². The molecule has 0 aromatic heterocycles. The molecule has 30 heavy (non-hydrogen) atoms. The predicted molar refractivity (Wildman–Crippen MR) is 114 cm³/mol. The van der Waals surface area contributed by atoms with Gasteiger partial charge in [-0.05, 0) is 55.5 Å². The number of rotatable bonds is 7. The number of sulfonamides is 1. The highest BCUT2D eigenvalue weighted by Gasteiger charge is 2.18. The van der Waals surface area contributed by atoms with Crippen LogP contribution in [0, 0.1) is 0 Å². The van der Waals surface area contributed by atoms with Gasteiger partial charge in [-0.3, -0.25) is 9.52 Å². The molecule has 3 aromatic carbocycles. The summed E-state index contributed by atoms with van der Waals surface area (Å²) in [5.74, 6) is -0.943. The van der Waals surface area contributed by atoms with E-state index in [1.807, 2.05) is 0 Å². The van der Waals surface area contributed by atoms with Gasteiger partial charge < -0.3 is 10.1 Å². The molecule has 0 aliphatic rings. The Bertz CT molecular complexity index is 1140. The molecule has 0 unspecified atom stereocenters. The zero-order valence-electron chi connectivity index (χ0n) is 16.2. The van der Waals surface area contributed by atoms with E-state index in [9.17, 15) is 18.0 Å². The van der Waals surface area contributed by atoms with Crippen molar-refractivity contribution in [2.45, 2.75) is 11.8 Å². The van der Waals surface area contributed by atoms with Crippen molar-refractivity contribution in [2.75, 3.05) is 16.6 Å². The molecule has 0 saturated carbocycles. The lowest BCUT2D eigenvalue weighted by Crippen LogP contribution is -2.18. The third-order valence-electron chi connectivity index (χ3n) is 4.12. The summed E-state index contributed by atoms with van der Waals surface area (Å²) < 4.78 is 32.6. The molecule has 0 heterocycles. The van der Waals surface area contributed by atoms with Crippen LogP contribution in [0.2, 0.25) is 0 Å². The van der Waals surface area contributed by atoms with Gasteiger partial charge in [-0.1, -0.05) is 30.3 Å². The molecule has 2 N–H and O–H groups in total. The zero-order chi connectivity index (χ0) is 21.6. The van der Waals surface area contributed by atoms with Gasteiger partial charge in [-0.2, -0.15) is 0 Å². The van der Waals surface area contributed by atoms with Crippen LogP contribution in [-0.4, -0.2) is 26.9 Å². The molecule has 3 rings (SSSR count). The second-order valence-electron chi connectivity index (χ2n) is 6.22. The summed E-state index contributed by atoms with van der Waals surface area (Å²) in [5.41, 5.74) is 1.13. The number of nitrogens with one attached hydrogen (secondary N) is 2. The van der Waals surface area contributed by atoms with Crippen molar-refractivity contribution < 1.29 is 22.7 Å². The first-order valence-corrected chi connectivity index (χ1v) is 10.6. The van der Waals surface area contributed by atoms with E-state index in [0.29, 0.717) is 11.3 Å². The van der Waals surface area contributed by atoms with Gasteiger partial charge in [-0.25, -0.2) is 13.2 Å². The molecule has 154 valence electrons. The summed E-state index contributed by atoms with van der Waals surface area (Å²) >= 11 is 0. The summed E-state index contributed by atoms with van der Waals surface area (Å²) in [6.07, 6.45) is 0. The SMILES string of the molecule is CCOC(=O)c1ccc(NC(=O)c2ccccc2NS(=O)(=O)c2ccccc2)cc1. The number of hydrogen-bond donors (Lipinski definition) is 2. The quantitative estimate of drug-likeness (QED) is 0.560. The number of ether oxygens (including phenoxy) is 1. The second kappa shape index (κ2) is 9.23. The summed E-state index contributed by atoms with van der Waals surface area (Å²) in [5, 5.41) is 2.70. The van der Waals surface area contributed by atoms with Crippen molar-refractivity contribution in [3.8, 4) is 0 Å². The van der Waals surface area contributed by atoms with Crippen LogP contribution in [0.4, 0.5) is 11.4 Å². The lowest BCUT2D eigenvalue weighted by atomic mass is 10.1. The third kappa shape index (κ3) is 5.03. The first-order valence-electron chi connectivity index (χ1n) is 9.16. The topological polar surface area (TPSA) is 102 Å². The van der Waals surface area contributed by atoms with Crippen molar-refractivity contribution >= 4 is 33.3 Å². The zero-order valence-corrected chi connectivity index (χ0v) is 17.0. The van der Waals surface area contributed by atoms with E-state index < -0.39 is 21.9 Å². The normalized spacial score (nSPS) is 10.8. The van der Waals surface area contributed by atoms with Crippen LogP contribution >= 0.6 is 0 Å². The van der Waals surface area contributed by atoms with E-state index >= 15 is 0 Å². The minimum Gasteiger partial charge on any atom is -0.462 e. The van der Waals surface area contributed by atoms with E-state index in [1.54, 1.807) is 49.4 Å². The molecule has 0 spiro atoms. The van der Waals surface area contributed by atoms with Crippen LogP contribution in [0.1, 0.15) is 27.6 Å². The molecular weight excluding hydrogens is 404 g/mol. The molecule has 0 atom stereocenters. The van der Waals surface area contributed by atoms with E-state index in [4.69, 9.17) is 4.74 Å². The average Bonchev–Trinajstić information content (AvgIpc) is 2.75. The predicted octanol–water partition coefficient (Wildman–Crippen LogP) is 3.92. The maximum absolute atomic E-state index is 12.7. The molecule has 0 saturated heterocycles. The Labute approximate surface area is 174 Å². The summed E-state index contributed by atoms with van der Waals surface area (Å²) in [6, 6.07) is 20.4. The van der Waals surface area contributed by atoms with Crippen LogP contribution in [0.5, 0.6) is 0 Å². The number of amides is 1. The Morgan fingerprint density at radius 2 is 1.50 bits per heavy atom. The smallest absolute Gasteiger partial charge is 0.338 e. The van der Waals surface area contributed by atoms with Crippen LogP contribution < -0.4 is 10.0 Å². The molecule has 0 fully saturated rings. The molecule has 0 aliphatic heterocycles. The average molecular weight is 424 g/mol. The highest BCUT2D eigenvalue weighted by molar-refractivity contribution is 7.92. The standard InChI is InChI=1S/C22H20N2O5S/c1-2-29-22(26)16-12-14-17(15-13-16)23-21(25)19-10-6-7-11-20(19)24-30(27,28)18-8-4-3-5-9-18/h3-15,24H,2H2,1H3,(H,23,25). The highest BCUT2D eigenvalue weighted by Crippen LogP contribution is 2.21. The van der Waals surface area contributed by atoms with Gasteiger partial charge in [0.1, 0.15) is 0 Å². The van der Waals surface area contributed by atoms with Crippen molar-refractivity contribution in [1.82, 2.24) is 0 Å². The number of carbonyl (C=O) groups excluding carboxylic acids is 2. The Morgan fingerprint density at radius 3 is 2.17 bits per heavy atom. The number of esters is 1. The number of benzene rings is 3. The second-order valence-corrected chi connectivity index (χ2v) is 7.90. The lowest BCUT2D eigenvalue weighted by molar-refractivity contribution is 0.0526. The monoisotopic (exact) mass is 424 g/mol. The van der Waals surface area contributed by atoms with Gasteiger partial charge in [0.2, 0.25) is 0 Å². The maximum atomic E-state index is 12.7. The Balaban J connectivity index is 1.78. The Hall–Kier alpha value is -3.65. The van der Waals surface area contributed by atoms with Crippen molar-refractivity contribution in [2.24, 2.45) is 0 Å². The fourth-order valence-corrected chi connectivity index (χ4v) is 3.78. The number of anilines is 2. The molecule has 0 radical (unpaired) electrons. The number of hydrogen-bond acceptors (Lipinski definition) is 5. The molecular formula is C22H20N2O5S. The van der Waals surface area contributed by atoms with Gasteiger partial charge in [0.25, 0.3) is 15.9 Å². The van der Waals surface area contributed by atoms with E-state index in [0.717, 1.165) is 0 Å². The Morgan fingerprint density at radius 1 is 0.867 bits per heavy atom. The van der Waals surface area contributed by atoms with E-state index in [2.05, 4.69) is 10.0 Å². The number of para-hydroxylation sites is 1. The van der Waals surface area contributed by atoms with Gasteiger partial charge in [0.15, 0.2) is 0 Å². The molecule has 7 nitrogen and oxygen atoms in total. The first-order chi connectivity index (χ1) is 14.4. The van der Waals surface area contributed by atoms with Crippen LogP contribution in [0.3, 0.4) is 0 Å². The minimum atomic E-state index is -3.84. The molecule has 0 aliphatic carbocycles. The van der Waals surface area contributed by atoms with Gasteiger partial charge in [-0.15, -0.1) is 0 Å². The van der Waals surface area contributed by atoms with Crippen molar-refractivity contribution in [3.05, 3.63) is 90.0 Å². The van der Waals surface area contributed by atoms with Gasteiger partial charge in [0, 0.05) is 5.69 Å². The van der Waals surface area contributed by atoms with Crippen LogP contribution in [0.25, 0.3) is 0 Å². The fourth-order valence-electron chi connectivity index (χ4n) is 2.68. The lowest BCUT2D eigenvalue weighted by Gasteiger charge is -2.13. The first kappa shape index (κ1) is 21.1. The molecule has 0 bridgehead atoms. The maximum Gasteiger partial charge on any atom is 0.338 e. The van der Waals surface area contributed by atoms with Gasteiger partial charge in [0.05, 0.1) is 28.3 Å². The van der Waals surface area contributed by atoms with Gasteiger partial charge >= 0.3 is 5.97 Å². The van der Waals surface area contributed by atoms with E-state index in [1.165, 1.54) is 36.4 Å². The third-order valence-corrected chi connectivity index (χ3v) is 5.50. The summed E-state index contributed by atoms with van der Waals surface area (Å²) in [4.78, 5) is 24.6. The van der Waals surface area contributed by atoms with Crippen molar-refractivity contribution in [1.29, 1.82) is 0 Å². The fraction of sp³-hybridized carbons (Fsp3) is 0.0909. The summed E-state index contributed by atoms with van der Waals surface area (Å²) in [7, 11) is -3.84. The minimum absolute atomic E-state index is 0.0924. The molecule has 3 aromatic rings. The van der Waals surface area contributed by atoms with Crippen LogP contribution in [-0.2, 0) is 14.8 Å². The summed E-state index contributed by atoms with van der Waals surface area (Å²) in [6.45, 7) is 1.99. The number of carbonyl (C=O) groups is 2. The van der Waals surface area contributed by atoms with E-state index in [-0.39, 0.29) is 22.8 Å². The molecule has 1 amide bonds. The Kier molecular flexibility index (Phi) is 6.48. The van der Waals surface area contributed by atoms with Crippen molar-refractivity contribution in [3.63, 3.8) is 0 Å². The highest BCUT2D eigenvalue weighted by atomic mass is 32.2.